The normalized spacial score (nSPS) is 14.2. The van der Waals surface area contributed by atoms with Crippen molar-refractivity contribution in [3.63, 3.8) is 0 Å². The number of hydrogen-bond donors (Lipinski definition) is 1. The molecule has 4 heteroatoms. The molecule has 0 saturated carbocycles. The maximum absolute atomic E-state index is 6.43. The van der Waals surface area contributed by atoms with Gasteiger partial charge in [0.1, 0.15) is 5.75 Å². The van der Waals surface area contributed by atoms with E-state index in [0.717, 1.165) is 29.9 Å². The van der Waals surface area contributed by atoms with Crippen LogP contribution in [0.1, 0.15) is 22.7 Å². The number of para-hydroxylation sites is 1. The Balaban J connectivity index is 1.99. The first-order valence-electron chi connectivity index (χ1n) is 6.96. The van der Waals surface area contributed by atoms with E-state index in [1.54, 1.807) is 14.2 Å². The molecular weight excluding hydrogens is 266 g/mol. The van der Waals surface area contributed by atoms with Crippen molar-refractivity contribution >= 4 is 0 Å². The summed E-state index contributed by atoms with van der Waals surface area (Å²) in [6.07, 6.45) is 0.946. The minimum atomic E-state index is -0.252. The number of hydrogen-bond acceptors (Lipinski definition) is 4. The fraction of sp³-hybridized carbons (Fsp3) is 0.294. The molecule has 0 aromatic heterocycles. The van der Waals surface area contributed by atoms with Gasteiger partial charge in [-0.25, -0.2) is 0 Å². The minimum Gasteiger partial charge on any atom is -0.493 e. The van der Waals surface area contributed by atoms with E-state index < -0.39 is 0 Å². The standard InChI is InChI=1S/C17H19NO3/c1-19-14-7-6-12(10-15(14)20-2)16(18)13-5-3-4-11-8-9-21-17(11)13/h3-7,10,16H,8-9,18H2,1-2H3. The SMILES string of the molecule is COc1ccc(C(N)c2cccc3c2OCC3)cc1OC. The van der Waals surface area contributed by atoms with Crippen LogP contribution in [0.3, 0.4) is 0 Å². The molecule has 0 saturated heterocycles. The number of methoxy groups -OCH3 is 2. The fourth-order valence-electron chi connectivity index (χ4n) is 2.71. The van der Waals surface area contributed by atoms with Gasteiger partial charge < -0.3 is 19.9 Å². The topological polar surface area (TPSA) is 53.7 Å². The van der Waals surface area contributed by atoms with Gasteiger partial charge >= 0.3 is 0 Å². The predicted molar refractivity (Wildman–Crippen MR) is 81.2 cm³/mol. The quantitative estimate of drug-likeness (QED) is 0.938. The second-order valence-electron chi connectivity index (χ2n) is 5.03. The van der Waals surface area contributed by atoms with Crippen molar-refractivity contribution in [2.45, 2.75) is 12.5 Å². The summed E-state index contributed by atoms with van der Waals surface area (Å²) in [4.78, 5) is 0. The molecule has 2 aromatic rings. The highest BCUT2D eigenvalue weighted by Gasteiger charge is 2.21. The van der Waals surface area contributed by atoms with Gasteiger partial charge in [0.2, 0.25) is 0 Å². The third-order valence-electron chi connectivity index (χ3n) is 3.85. The Kier molecular flexibility index (Phi) is 3.71. The Morgan fingerprint density at radius 3 is 2.67 bits per heavy atom. The number of fused-ring (bicyclic) bond motifs is 1. The van der Waals surface area contributed by atoms with Crippen LogP contribution in [0.5, 0.6) is 17.2 Å². The summed E-state index contributed by atoms with van der Waals surface area (Å²) in [5.74, 6) is 2.31. The van der Waals surface area contributed by atoms with Crippen molar-refractivity contribution in [3.8, 4) is 17.2 Å². The molecule has 1 aliphatic rings. The summed E-state index contributed by atoms with van der Waals surface area (Å²) >= 11 is 0. The van der Waals surface area contributed by atoms with Gasteiger partial charge in [-0.15, -0.1) is 0 Å². The van der Waals surface area contributed by atoms with Gasteiger partial charge in [-0.1, -0.05) is 24.3 Å². The number of rotatable bonds is 4. The molecule has 0 bridgehead atoms. The van der Waals surface area contributed by atoms with Crippen LogP contribution in [-0.2, 0) is 6.42 Å². The summed E-state index contributed by atoms with van der Waals surface area (Å²) < 4.78 is 16.3. The lowest BCUT2D eigenvalue weighted by molar-refractivity contribution is 0.351. The molecule has 21 heavy (non-hydrogen) atoms. The average molecular weight is 285 g/mol. The van der Waals surface area contributed by atoms with Crippen molar-refractivity contribution in [2.24, 2.45) is 5.73 Å². The van der Waals surface area contributed by atoms with Crippen LogP contribution in [-0.4, -0.2) is 20.8 Å². The van der Waals surface area contributed by atoms with Gasteiger partial charge in [0, 0.05) is 12.0 Å². The molecule has 0 radical (unpaired) electrons. The minimum absolute atomic E-state index is 0.252. The smallest absolute Gasteiger partial charge is 0.161 e. The third kappa shape index (κ3) is 2.43. The van der Waals surface area contributed by atoms with Gasteiger partial charge in [-0.05, 0) is 23.3 Å². The predicted octanol–water partition coefficient (Wildman–Crippen LogP) is 2.69. The van der Waals surface area contributed by atoms with Gasteiger partial charge in [0.25, 0.3) is 0 Å². The lowest BCUT2D eigenvalue weighted by atomic mass is 9.96. The second kappa shape index (κ2) is 5.66. The number of ether oxygens (including phenoxy) is 3. The van der Waals surface area contributed by atoms with Crippen molar-refractivity contribution in [3.05, 3.63) is 53.1 Å². The van der Waals surface area contributed by atoms with Crippen LogP contribution in [0, 0.1) is 0 Å². The third-order valence-corrected chi connectivity index (χ3v) is 3.85. The summed E-state index contributed by atoms with van der Waals surface area (Å²) in [6, 6.07) is 11.6. The number of benzene rings is 2. The van der Waals surface area contributed by atoms with Crippen LogP contribution in [0.25, 0.3) is 0 Å². The Morgan fingerprint density at radius 1 is 1.10 bits per heavy atom. The second-order valence-corrected chi connectivity index (χ2v) is 5.03. The largest absolute Gasteiger partial charge is 0.493 e. The van der Waals surface area contributed by atoms with Crippen LogP contribution < -0.4 is 19.9 Å². The Bertz CT molecular complexity index is 654. The van der Waals surface area contributed by atoms with E-state index in [2.05, 4.69) is 6.07 Å². The molecule has 3 rings (SSSR count). The highest BCUT2D eigenvalue weighted by atomic mass is 16.5. The van der Waals surface area contributed by atoms with Crippen molar-refractivity contribution < 1.29 is 14.2 Å². The molecule has 4 nitrogen and oxygen atoms in total. The first-order chi connectivity index (χ1) is 10.2. The Morgan fingerprint density at radius 2 is 1.90 bits per heavy atom. The van der Waals surface area contributed by atoms with Crippen molar-refractivity contribution in [2.75, 3.05) is 20.8 Å². The molecular formula is C17H19NO3. The monoisotopic (exact) mass is 285 g/mol. The molecule has 2 aromatic carbocycles. The zero-order chi connectivity index (χ0) is 14.8. The molecule has 1 heterocycles. The van der Waals surface area contributed by atoms with E-state index in [0.29, 0.717) is 11.5 Å². The van der Waals surface area contributed by atoms with Crippen LogP contribution in [0.15, 0.2) is 36.4 Å². The Labute approximate surface area is 124 Å². The van der Waals surface area contributed by atoms with E-state index in [9.17, 15) is 0 Å². The summed E-state index contributed by atoms with van der Waals surface area (Å²) in [5.41, 5.74) is 9.63. The summed E-state index contributed by atoms with van der Waals surface area (Å²) in [7, 11) is 3.24. The average Bonchev–Trinajstić information content (AvgIpc) is 3.02. The molecule has 0 aliphatic carbocycles. The van der Waals surface area contributed by atoms with E-state index >= 15 is 0 Å². The molecule has 1 aliphatic heterocycles. The first-order valence-corrected chi connectivity index (χ1v) is 6.96. The molecule has 2 N–H and O–H groups in total. The van der Waals surface area contributed by atoms with E-state index in [1.807, 2.05) is 30.3 Å². The molecule has 0 spiro atoms. The van der Waals surface area contributed by atoms with Crippen molar-refractivity contribution in [1.29, 1.82) is 0 Å². The molecule has 0 fully saturated rings. The molecule has 1 unspecified atom stereocenters. The highest BCUT2D eigenvalue weighted by molar-refractivity contribution is 5.51. The van der Waals surface area contributed by atoms with Gasteiger partial charge in [0.05, 0.1) is 26.9 Å². The zero-order valence-corrected chi connectivity index (χ0v) is 12.3. The lowest BCUT2D eigenvalue weighted by Gasteiger charge is -2.17. The molecule has 110 valence electrons. The Hall–Kier alpha value is -2.20. The lowest BCUT2D eigenvalue weighted by Crippen LogP contribution is -2.13. The van der Waals surface area contributed by atoms with Gasteiger partial charge in [-0.3, -0.25) is 0 Å². The van der Waals surface area contributed by atoms with E-state index in [4.69, 9.17) is 19.9 Å². The number of nitrogens with two attached hydrogens (primary N) is 1. The summed E-state index contributed by atoms with van der Waals surface area (Å²) in [6.45, 7) is 0.727. The zero-order valence-electron chi connectivity index (χ0n) is 12.3. The summed E-state index contributed by atoms with van der Waals surface area (Å²) in [5, 5.41) is 0. The maximum Gasteiger partial charge on any atom is 0.161 e. The molecule has 1 atom stereocenters. The van der Waals surface area contributed by atoms with E-state index in [-0.39, 0.29) is 6.04 Å². The van der Waals surface area contributed by atoms with Gasteiger partial charge in [-0.2, -0.15) is 0 Å². The van der Waals surface area contributed by atoms with E-state index in [1.165, 1.54) is 5.56 Å². The van der Waals surface area contributed by atoms with Gasteiger partial charge in [0.15, 0.2) is 11.5 Å². The maximum atomic E-state index is 6.43. The van der Waals surface area contributed by atoms with Crippen LogP contribution in [0.4, 0.5) is 0 Å². The van der Waals surface area contributed by atoms with Crippen LogP contribution in [0.2, 0.25) is 0 Å². The molecule has 0 amide bonds. The van der Waals surface area contributed by atoms with Crippen LogP contribution >= 0.6 is 0 Å². The highest BCUT2D eigenvalue weighted by Crippen LogP contribution is 2.37. The fourth-order valence-corrected chi connectivity index (χ4v) is 2.71. The first kappa shape index (κ1) is 13.8. The van der Waals surface area contributed by atoms with Crippen molar-refractivity contribution in [1.82, 2.24) is 0 Å².